The summed E-state index contributed by atoms with van der Waals surface area (Å²) in [5, 5.41) is 8.07. The van der Waals surface area contributed by atoms with E-state index < -0.39 is 23.5 Å². The number of pyridine rings is 3. The molecule has 4 bridgehead atoms. The molecule has 186 valence electrons. The van der Waals surface area contributed by atoms with Gasteiger partial charge < -0.3 is 15.5 Å². The van der Waals surface area contributed by atoms with E-state index in [1.54, 1.807) is 12.3 Å². The van der Waals surface area contributed by atoms with Gasteiger partial charge in [0.2, 0.25) is 11.9 Å². The zero-order valence-corrected chi connectivity index (χ0v) is 20.9. The molecule has 2 aliphatic heterocycles. The zero-order chi connectivity index (χ0) is 25.9. The monoisotopic (exact) mass is 495 g/mol. The van der Waals surface area contributed by atoms with Crippen LogP contribution in [0.3, 0.4) is 0 Å². The van der Waals surface area contributed by atoms with Gasteiger partial charge in [0.25, 0.3) is 0 Å². The van der Waals surface area contributed by atoms with Crippen molar-refractivity contribution in [3.8, 4) is 11.3 Å². The number of fused-ring (bicyclic) bond motifs is 8. The van der Waals surface area contributed by atoms with Gasteiger partial charge >= 0.3 is 0 Å². The Morgan fingerprint density at radius 1 is 0.892 bits per heavy atom. The molecule has 1 unspecified atom stereocenters. The standard InChI is InChI=1S/C29H25F2N6/c1-16-8-5-9-17(2)25(16)28-32-15-24-34-19-14-22(30)36-27(31)26(19)18-10-6-11-20(33-18)29(3,4)21-12-7-13-23(35-21)37(24)28/h5-15,28,34H,1-4H3/q-1. The second-order valence-corrected chi connectivity index (χ2v) is 9.91. The summed E-state index contributed by atoms with van der Waals surface area (Å²) in [6, 6.07) is 18.5. The molecular weight excluding hydrogens is 470 g/mol. The van der Waals surface area contributed by atoms with Crippen LogP contribution in [0.1, 0.15) is 48.1 Å². The molecule has 0 saturated heterocycles. The van der Waals surface area contributed by atoms with Crippen LogP contribution in [0, 0.1) is 25.7 Å². The second-order valence-electron chi connectivity index (χ2n) is 9.91. The van der Waals surface area contributed by atoms with Gasteiger partial charge in [-0.2, -0.15) is 13.8 Å². The van der Waals surface area contributed by atoms with Crippen LogP contribution in [0.4, 0.5) is 20.3 Å². The number of halogens is 2. The van der Waals surface area contributed by atoms with Crippen LogP contribution in [0.25, 0.3) is 16.6 Å². The third-order valence-electron chi connectivity index (χ3n) is 7.12. The summed E-state index contributed by atoms with van der Waals surface area (Å²) in [4.78, 5) is 15.3. The smallest absolute Gasteiger partial charge is 0.227 e. The largest absolute Gasteiger partial charge is 0.664 e. The molecule has 3 aromatic heterocycles. The molecule has 0 aliphatic carbocycles. The lowest BCUT2D eigenvalue weighted by Crippen LogP contribution is -2.30. The molecule has 0 fully saturated rings. The zero-order valence-electron chi connectivity index (χ0n) is 20.9. The topological polar surface area (TPSA) is 68.0 Å². The summed E-state index contributed by atoms with van der Waals surface area (Å²) in [5.41, 5.74) is 4.79. The fourth-order valence-corrected chi connectivity index (χ4v) is 5.10. The lowest BCUT2D eigenvalue weighted by molar-refractivity contribution is 0.515. The molecule has 6 nitrogen and oxygen atoms in total. The van der Waals surface area contributed by atoms with E-state index in [9.17, 15) is 4.39 Å². The predicted octanol–water partition coefficient (Wildman–Crippen LogP) is 6.88. The van der Waals surface area contributed by atoms with Crippen molar-refractivity contribution in [3.63, 3.8) is 0 Å². The van der Waals surface area contributed by atoms with Gasteiger partial charge in [-0.05, 0) is 74.8 Å². The van der Waals surface area contributed by atoms with Gasteiger partial charge in [-0.1, -0.05) is 30.3 Å². The highest BCUT2D eigenvalue weighted by Gasteiger charge is 2.31. The number of nitrogens with one attached hydrogen (secondary N) is 1. The number of nitrogens with zero attached hydrogens (tertiary/aromatic N) is 5. The Labute approximate surface area is 214 Å². The van der Waals surface area contributed by atoms with E-state index in [1.165, 1.54) is 6.07 Å². The van der Waals surface area contributed by atoms with Crippen molar-refractivity contribution in [2.24, 2.45) is 0 Å². The van der Waals surface area contributed by atoms with E-state index in [2.05, 4.69) is 36.3 Å². The molecule has 2 aliphatic rings. The molecule has 4 aromatic rings. The third kappa shape index (κ3) is 3.71. The molecule has 0 amide bonds. The molecule has 1 aromatic carbocycles. The Hall–Kier alpha value is -4.33. The molecule has 1 N–H and O–H groups in total. The van der Waals surface area contributed by atoms with Crippen LogP contribution in [0.2, 0.25) is 0 Å². The van der Waals surface area contributed by atoms with E-state index in [4.69, 9.17) is 15.3 Å². The number of benzene rings is 1. The van der Waals surface area contributed by atoms with E-state index in [1.807, 2.05) is 55.1 Å². The number of hydrogen-bond donors (Lipinski definition) is 1. The van der Waals surface area contributed by atoms with Crippen molar-refractivity contribution < 1.29 is 8.78 Å². The van der Waals surface area contributed by atoms with Crippen LogP contribution in [-0.2, 0) is 5.41 Å². The van der Waals surface area contributed by atoms with E-state index in [0.717, 1.165) is 22.4 Å². The SMILES string of the molecule is Cc1cccc(C)c1C1[N-]C=C2Nc3cc(F)nc(F)c3-c3cccc(n3)C(C)(C)c3cccc(n3)N21. The minimum atomic E-state index is -0.938. The summed E-state index contributed by atoms with van der Waals surface area (Å²) < 4.78 is 29.6. The third-order valence-corrected chi connectivity index (χ3v) is 7.12. The first kappa shape index (κ1) is 23.1. The fraction of sp³-hybridized carbons (Fsp3) is 0.207. The Kier molecular flexibility index (Phi) is 5.22. The second kappa shape index (κ2) is 8.37. The number of anilines is 2. The molecule has 8 heteroatoms. The normalized spacial score (nSPS) is 17.4. The van der Waals surface area contributed by atoms with Crippen molar-refractivity contribution >= 4 is 11.5 Å². The first-order valence-corrected chi connectivity index (χ1v) is 12.1. The maximum absolute atomic E-state index is 15.2. The molecule has 5 heterocycles. The summed E-state index contributed by atoms with van der Waals surface area (Å²) in [5.74, 6) is -0.669. The fourth-order valence-electron chi connectivity index (χ4n) is 5.10. The Morgan fingerprint density at radius 2 is 1.57 bits per heavy atom. The first-order chi connectivity index (χ1) is 17.7. The highest BCUT2D eigenvalue weighted by molar-refractivity contribution is 5.78. The van der Waals surface area contributed by atoms with E-state index in [-0.39, 0.29) is 11.3 Å². The van der Waals surface area contributed by atoms with Crippen molar-refractivity contribution in [1.82, 2.24) is 15.0 Å². The number of aromatic nitrogens is 3. The molecular formula is C29H25F2N6-. The molecule has 0 radical (unpaired) electrons. The summed E-state index contributed by atoms with van der Waals surface area (Å²) in [6.45, 7) is 8.17. The number of aryl methyl sites for hydroxylation is 2. The van der Waals surface area contributed by atoms with Crippen LogP contribution in [0.15, 0.2) is 72.7 Å². The lowest BCUT2D eigenvalue weighted by Gasteiger charge is -2.38. The average molecular weight is 496 g/mol. The Bertz CT molecular complexity index is 1560. The van der Waals surface area contributed by atoms with Gasteiger partial charge in [-0.15, -0.1) is 6.20 Å². The average Bonchev–Trinajstić information content (AvgIpc) is 3.26. The quantitative estimate of drug-likeness (QED) is 0.292. The summed E-state index contributed by atoms with van der Waals surface area (Å²) in [7, 11) is 0. The molecule has 0 spiro atoms. The number of rotatable bonds is 1. The van der Waals surface area contributed by atoms with E-state index in [0.29, 0.717) is 23.0 Å². The Balaban J connectivity index is 1.63. The van der Waals surface area contributed by atoms with Gasteiger partial charge in [0.1, 0.15) is 5.82 Å². The first-order valence-electron chi connectivity index (χ1n) is 12.1. The Morgan fingerprint density at radius 3 is 2.32 bits per heavy atom. The maximum Gasteiger partial charge on any atom is 0.227 e. The predicted molar refractivity (Wildman–Crippen MR) is 140 cm³/mol. The molecule has 1 atom stereocenters. The van der Waals surface area contributed by atoms with Crippen LogP contribution in [0.5, 0.6) is 0 Å². The summed E-state index contributed by atoms with van der Waals surface area (Å²) in [6.07, 6.45) is 1.28. The number of hydrogen-bond acceptors (Lipinski definition) is 5. The van der Waals surface area contributed by atoms with Gasteiger partial charge in [-0.3, -0.25) is 4.98 Å². The van der Waals surface area contributed by atoms with E-state index >= 15 is 4.39 Å². The highest BCUT2D eigenvalue weighted by Crippen LogP contribution is 2.44. The van der Waals surface area contributed by atoms with Crippen LogP contribution in [-0.4, -0.2) is 15.0 Å². The van der Waals surface area contributed by atoms with Crippen molar-refractivity contribution in [3.05, 3.63) is 118 Å². The van der Waals surface area contributed by atoms with Crippen molar-refractivity contribution in [1.29, 1.82) is 0 Å². The van der Waals surface area contributed by atoms with Crippen molar-refractivity contribution in [2.75, 3.05) is 10.2 Å². The van der Waals surface area contributed by atoms with Gasteiger partial charge in [-0.25, -0.2) is 4.98 Å². The van der Waals surface area contributed by atoms with Gasteiger partial charge in [0.05, 0.1) is 34.2 Å². The molecule has 37 heavy (non-hydrogen) atoms. The minimum absolute atomic E-state index is 0.0904. The van der Waals surface area contributed by atoms with Gasteiger partial charge in [0, 0.05) is 11.5 Å². The van der Waals surface area contributed by atoms with Crippen LogP contribution < -0.4 is 10.2 Å². The van der Waals surface area contributed by atoms with Crippen molar-refractivity contribution in [2.45, 2.75) is 39.3 Å². The maximum atomic E-state index is 15.2. The van der Waals surface area contributed by atoms with Crippen LogP contribution >= 0.6 is 0 Å². The molecule has 6 rings (SSSR count). The van der Waals surface area contributed by atoms with Gasteiger partial charge in [0.15, 0.2) is 0 Å². The minimum Gasteiger partial charge on any atom is -0.664 e. The lowest BCUT2D eigenvalue weighted by atomic mass is 9.84. The summed E-state index contributed by atoms with van der Waals surface area (Å²) >= 11 is 0. The molecule has 0 saturated carbocycles. The highest BCUT2D eigenvalue weighted by atomic mass is 19.1.